The van der Waals surface area contributed by atoms with Crippen LogP contribution < -0.4 is 0 Å². The number of nitrogens with zero attached hydrogens (tertiary/aromatic N) is 2. The minimum absolute atomic E-state index is 0.118. The van der Waals surface area contributed by atoms with Gasteiger partial charge in [-0.25, -0.2) is 8.78 Å². The number of nitrogens with one attached hydrogen (secondary N) is 1. The first-order valence-electron chi connectivity index (χ1n) is 7.23. The summed E-state index contributed by atoms with van der Waals surface area (Å²) in [6, 6.07) is 7.32. The molecule has 0 aliphatic heterocycles. The number of alkyl halides is 2. The molecule has 0 saturated carbocycles. The van der Waals surface area contributed by atoms with Crippen molar-refractivity contribution in [3.05, 3.63) is 41.1 Å². The van der Waals surface area contributed by atoms with Crippen LogP contribution >= 0.6 is 0 Å². The molecule has 0 fully saturated rings. The predicted molar refractivity (Wildman–Crippen MR) is 82.5 cm³/mol. The van der Waals surface area contributed by atoms with E-state index in [0.29, 0.717) is 5.69 Å². The summed E-state index contributed by atoms with van der Waals surface area (Å²) in [5.74, 6) is -0.609. The van der Waals surface area contributed by atoms with Crippen molar-refractivity contribution in [3.8, 4) is 11.3 Å². The average Bonchev–Trinajstić information content (AvgIpc) is 2.98. The highest BCUT2D eigenvalue weighted by molar-refractivity contribution is 5.93. The number of hydrogen-bond donors (Lipinski definition) is 2. The lowest BCUT2D eigenvalue weighted by Gasteiger charge is -2.20. The molecule has 1 heterocycles. The minimum Gasteiger partial charge on any atom is -0.395 e. The van der Waals surface area contributed by atoms with Gasteiger partial charge in [0.2, 0.25) is 0 Å². The zero-order valence-corrected chi connectivity index (χ0v) is 13.0. The Morgan fingerprint density at radius 1 is 1.30 bits per heavy atom. The van der Waals surface area contributed by atoms with Crippen LogP contribution in [0.15, 0.2) is 24.3 Å². The minimum atomic E-state index is -2.66. The van der Waals surface area contributed by atoms with E-state index in [0.717, 1.165) is 21.6 Å². The summed E-state index contributed by atoms with van der Waals surface area (Å²) in [5.41, 5.74) is 3.76. The quantitative estimate of drug-likeness (QED) is 0.857. The number of benzene rings is 1. The van der Waals surface area contributed by atoms with Crippen molar-refractivity contribution in [2.45, 2.75) is 20.3 Å². The molecule has 0 atom stereocenters. The van der Waals surface area contributed by atoms with Crippen molar-refractivity contribution < 1.29 is 18.7 Å². The first kappa shape index (κ1) is 17.1. The second-order valence-electron chi connectivity index (χ2n) is 5.33. The van der Waals surface area contributed by atoms with Gasteiger partial charge in [0.25, 0.3) is 12.3 Å². The maximum atomic E-state index is 12.5. The summed E-state index contributed by atoms with van der Waals surface area (Å²) in [5, 5.41) is 15.6. The Morgan fingerprint density at radius 2 is 2.04 bits per heavy atom. The Hall–Kier alpha value is -2.28. The van der Waals surface area contributed by atoms with Crippen LogP contribution in [0.25, 0.3) is 11.3 Å². The van der Waals surface area contributed by atoms with Gasteiger partial charge in [-0.05, 0) is 37.1 Å². The van der Waals surface area contributed by atoms with Crippen molar-refractivity contribution in [1.82, 2.24) is 15.1 Å². The Kier molecular flexibility index (Phi) is 5.44. The van der Waals surface area contributed by atoms with Gasteiger partial charge < -0.3 is 10.0 Å². The molecule has 0 aliphatic carbocycles. The van der Waals surface area contributed by atoms with E-state index in [1.807, 2.05) is 32.0 Å². The molecule has 7 heteroatoms. The number of aliphatic hydroxyl groups is 1. The Bertz CT molecular complexity index is 686. The van der Waals surface area contributed by atoms with Crippen LogP contribution in [0.5, 0.6) is 0 Å². The third-order valence-corrected chi connectivity index (χ3v) is 3.63. The number of hydrogen-bond acceptors (Lipinski definition) is 3. The van der Waals surface area contributed by atoms with Gasteiger partial charge in [-0.15, -0.1) is 0 Å². The lowest BCUT2D eigenvalue weighted by atomic mass is 10.0. The molecule has 23 heavy (non-hydrogen) atoms. The second kappa shape index (κ2) is 7.32. The first-order chi connectivity index (χ1) is 10.9. The molecule has 0 aliphatic rings. The van der Waals surface area contributed by atoms with Crippen LogP contribution in [0, 0.1) is 13.8 Å². The molecule has 2 rings (SSSR count). The van der Waals surface area contributed by atoms with Gasteiger partial charge in [-0.1, -0.05) is 12.1 Å². The maximum Gasteiger partial charge on any atom is 0.272 e. The summed E-state index contributed by atoms with van der Waals surface area (Å²) < 4.78 is 25.1. The normalized spacial score (nSPS) is 11.0. The molecule has 1 aromatic carbocycles. The van der Waals surface area contributed by atoms with E-state index in [9.17, 15) is 13.6 Å². The monoisotopic (exact) mass is 323 g/mol. The number of carbonyl (C=O) groups excluding carboxylic acids is 1. The molecule has 0 bridgehead atoms. The van der Waals surface area contributed by atoms with Crippen LogP contribution in [0.2, 0.25) is 0 Å². The van der Waals surface area contributed by atoms with Gasteiger partial charge >= 0.3 is 0 Å². The van der Waals surface area contributed by atoms with E-state index in [-0.39, 0.29) is 18.8 Å². The number of aromatic amines is 1. The fraction of sp³-hybridized carbons (Fsp3) is 0.375. The van der Waals surface area contributed by atoms with Gasteiger partial charge in [0.15, 0.2) is 0 Å². The smallest absolute Gasteiger partial charge is 0.272 e. The van der Waals surface area contributed by atoms with E-state index in [2.05, 4.69) is 10.2 Å². The molecule has 1 aromatic heterocycles. The number of aliphatic hydroxyl groups excluding tert-OH is 1. The van der Waals surface area contributed by atoms with Gasteiger partial charge in [0.05, 0.1) is 18.8 Å². The van der Waals surface area contributed by atoms with Crippen molar-refractivity contribution in [1.29, 1.82) is 0 Å². The fourth-order valence-electron chi connectivity index (χ4n) is 2.21. The molecule has 0 spiro atoms. The highest BCUT2D eigenvalue weighted by Gasteiger charge is 2.21. The number of H-pyrrole nitrogens is 1. The van der Waals surface area contributed by atoms with E-state index in [1.54, 1.807) is 0 Å². The van der Waals surface area contributed by atoms with Crippen LogP contribution in [-0.4, -0.2) is 52.2 Å². The maximum absolute atomic E-state index is 12.5. The number of aryl methyl sites for hydroxylation is 2. The molecule has 1 amide bonds. The topological polar surface area (TPSA) is 69.2 Å². The first-order valence-corrected chi connectivity index (χ1v) is 7.23. The molecular formula is C16H19F2N3O2. The Balaban J connectivity index is 2.22. The lowest BCUT2D eigenvalue weighted by Crippen LogP contribution is -2.37. The van der Waals surface area contributed by atoms with Gasteiger partial charge in [-0.2, -0.15) is 5.10 Å². The summed E-state index contributed by atoms with van der Waals surface area (Å²) in [4.78, 5) is 13.2. The summed E-state index contributed by atoms with van der Waals surface area (Å²) >= 11 is 0. The van der Waals surface area contributed by atoms with E-state index >= 15 is 0 Å². The summed E-state index contributed by atoms with van der Waals surface area (Å²) in [7, 11) is 0. The lowest BCUT2D eigenvalue weighted by molar-refractivity contribution is 0.0504. The van der Waals surface area contributed by atoms with Crippen molar-refractivity contribution in [3.63, 3.8) is 0 Å². The predicted octanol–water partition coefficient (Wildman–Crippen LogP) is 2.39. The summed E-state index contributed by atoms with van der Waals surface area (Å²) in [6.07, 6.45) is -2.66. The Labute approximate surface area is 132 Å². The zero-order valence-electron chi connectivity index (χ0n) is 13.0. The molecule has 0 radical (unpaired) electrons. The standard InChI is InChI=1S/C16H19F2N3O2/c1-10-3-4-12(7-11(10)2)13-8-14(20-19-13)16(23)21(5-6-22)9-15(17)18/h3-4,7-8,15,22H,5-6,9H2,1-2H3,(H,19,20). The van der Waals surface area contributed by atoms with Crippen molar-refractivity contribution >= 4 is 5.91 Å². The van der Waals surface area contributed by atoms with E-state index in [1.165, 1.54) is 6.07 Å². The van der Waals surface area contributed by atoms with Gasteiger partial charge in [0, 0.05) is 12.1 Å². The molecule has 0 unspecified atom stereocenters. The van der Waals surface area contributed by atoms with Gasteiger partial charge in [-0.3, -0.25) is 9.89 Å². The molecule has 0 saturated heterocycles. The molecule has 2 N–H and O–H groups in total. The molecule has 124 valence electrons. The number of rotatable bonds is 6. The van der Waals surface area contributed by atoms with E-state index < -0.39 is 18.9 Å². The zero-order chi connectivity index (χ0) is 17.0. The molecular weight excluding hydrogens is 304 g/mol. The number of amides is 1. The van der Waals surface area contributed by atoms with Gasteiger partial charge in [0.1, 0.15) is 5.69 Å². The molecule has 2 aromatic rings. The van der Waals surface area contributed by atoms with Crippen LogP contribution in [0.3, 0.4) is 0 Å². The van der Waals surface area contributed by atoms with Crippen molar-refractivity contribution in [2.24, 2.45) is 0 Å². The SMILES string of the molecule is Cc1ccc(-c2cc(C(=O)N(CCO)CC(F)F)[nH]n2)cc1C. The van der Waals surface area contributed by atoms with Crippen LogP contribution in [0.1, 0.15) is 21.6 Å². The highest BCUT2D eigenvalue weighted by atomic mass is 19.3. The van der Waals surface area contributed by atoms with E-state index in [4.69, 9.17) is 5.11 Å². The second-order valence-corrected chi connectivity index (χ2v) is 5.33. The van der Waals surface area contributed by atoms with Crippen LogP contribution in [-0.2, 0) is 0 Å². The third kappa shape index (κ3) is 4.13. The third-order valence-electron chi connectivity index (χ3n) is 3.63. The number of halogens is 2. The molecule has 5 nitrogen and oxygen atoms in total. The Morgan fingerprint density at radius 3 is 2.65 bits per heavy atom. The highest BCUT2D eigenvalue weighted by Crippen LogP contribution is 2.21. The number of aromatic nitrogens is 2. The van der Waals surface area contributed by atoms with Crippen LogP contribution in [0.4, 0.5) is 8.78 Å². The fourth-order valence-corrected chi connectivity index (χ4v) is 2.21. The largest absolute Gasteiger partial charge is 0.395 e. The summed E-state index contributed by atoms with van der Waals surface area (Å²) in [6.45, 7) is 2.72. The van der Waals surface area contributed by atoms with Crippen molar-refractivity contribution in [2.75, 3.05) is 19.7 Å². The average molecular weight is 323 g/mol. The number of carbonyl (C=O) groups is 1.